The molecule has 3 heterocycles. The molecule has 2 N–H and O–H groups in total. The summed E-state index contributed by atoms with van der Waals surface area (Å²) in [6.07, 6.45) is 1.73. The topological polar surface area (TPSA) is 99.2 Å². The van der Waals surface area contributed by atoms with Crippen molar-refractivity contribution in [1.82, 2.24) is 29.7 Å². The summed E-state index contributed by atoms with van der Waals surface area (Å²) in [5, 5.41) is 5.85. The molecule has 5 rings (SSSR count). The van der Waals surface area contributed by atoms with Crippen LogP contribution in [0.25, 0.3) is 11.3 Å². The lowest BCUT2D eigenvalue weighted by molar-refractivity contribution is -0.138. The summed E-state index contributed by atoms with van der Waals surface area (Å²) in [5.41, 5.74) is 2.51. The van der Waals surface area contributed by atoms with Crippen LogP contribution >= 0.6 is 12.4 Å². The number of hydrogen-bond donors (Lipinski definition) is 2. The number of rotatable bonds is 8. The third kappa shape index (κ3) is 7.19. The van der Waals surface area contributed by atoms with Crippen molar-refractivity contribution in [3.8, 4) is 11.3 Å². The number of hydrogen-bond acceptors (Lipinski definition) is 8. The number of carbonyl (C=O) groups excluding carboxylic acids is 1. The van der Waals surface area contributed by atoms with Gasteiger partial charge < -0.3 is 15.5 Å². The molecule has 0 radical (unpaired) electrons. The van der Waals surface area contributed by atoms with Gasteiger partial charge in [0.25, 0.3) is 5.91 Å². The van der Waals surface area contributed by atoms with Gasteiger partial charge in [-0.25, -0.2) is 19.9 Å². The van der Waals surface area contributed by atoms with Crippen molar-refractivity contribution < 1.29 is 18.0 Å². The minimum Gasteiger partial charge on any atom is -0.324 e. The Morgan fingerprint density at radius 3 is 2.50 bits per heavy atom. The highest BCUT2D eigenvalue weighted by Gasteiger charge is 2.36. The summed E-state index contributed by atoms with van der Waals surface area (Å²) in [4.78, 5) is 33.8. The summed E-state index contributed by atoms with van der Waals surface area (Å²) in [7, 11) is 3.91. The Kier molecular flexibility index (Phi) is 9.40. The number of halogens is 4. The molecule has 220 valence electrons. The molecule has 13 heteroatoms. The second-order valence-corrected chi connectivity index (χ2v) is 10.2. The monoisotopic (exact) mass is 598 g/mol. The molecule has 0 spiro atoms. The minimum absolute atomic E-state index is 0. The molecule has 0 bridgehead atoms. The van der Waals surface area contributed by atoms with Crippen LogP contribution in [0.5, 0.6) is 0 Å². The third-order valence-electron chi connectivity index (χ3n) is 6.99. The first-order valence-electron chi connectivity index (χ1n) is 12.9. The average molecular weight is 599 g/mol. The van der Waals surface area contributed by atoms with Gasteiger partial charge in [-0.05, 0) is 62.5 Å². The highest BCUT2D eigenvalue weighted by molar-refractivity contribution is 6.04. The largest absolute Gasteiger partial charge is 0.416 e. The van der Waals surface area contributed by atoms with E-state index in [1.54, 1.807) is 42.9 Å². The number of nitrogens with zero attached hydrogens (tertiary/aromatic N) is 6. The van der Waals surface area contributed by atoms with Crippen LogP contribution in [0.3, 0.4) is 0 Å². The van der Waals surface area contributed by atoms with Gasteiger partial charge in [-0.1, -0.05) is 12.1 Å². The quantitative estimate of drug-likeness (QED) is 0.277. The fraction of sp³-hybridized carbons (Fsp3) is 0.276. The molecule has 1 aliphatic heterocycles. The summed E-state index contributed by atoms with van der Waals surface area (Å²) < 4.78 is 41.9. The van der Waals surface area contributed by atoms with E-state index in [0.29, 0.717) is 42.1 Å². The fourth-order valence-electron chi connectivity index (χ4n) is 4.53. The summed E-state index contributed by atoms with van der Waals surface area (Å²) in [6, 6.07) is 11.0. The summed E-state index contributed by atoms with van der Waals surface area (Å²) in [6.45, 7) is 3.45. The molecule has 2 aromatic heterocycles. The number of benzene rings is 2. The fourth-order valence-corrected chi connectivity index (χ4v) is 4.53. The SMILES string of the molecule is Cc1ccc(NC(=O)c2ccc(CN3CC(N(C)C)C3)c(C(F)(F)F)c2)cc1Nc1nccc(-c2cncnc2)n1.Cl. The van der Waals surface area contributed by atoms with Gasteiger partial charge in [-0.3, -0.25) is 9.69 Å². The van der Waals surface area contributed by atoms with Crippen molar-refractivity contribution in [3.05, 3.63) is 89.6 Å². The molecule has 0 unspecified atom stereocenters. The van der Waals surface area contributed by atoms with Crippen LogP contribution < -0.4 is 10.6 Å². The predicted molar refractivity (Wildman–Crippen MR) is 157 cm³/mol. The molecule has 4 aromatic rings. The minimum atomic E-state index is -4.58. The average Bonchev–Trinajstić information content (AvgIpc) is 2.92. The number of aromatic nitrogens is 4. The van der Waals surface area contributed by atoms with Crippen LogP contribution in [0.15, 0.2) is 67.4 Å². The molecule has 9 nitrogen and oxygen atoms in total. The number of likely N-dealkylation sites (tertiary alicyclic amines) is 1. The maximum atomic E-state index is 14.0. The molecule has 1 fully saturated rings. The van der Waals surface area contributed by atoms with Gasteiger partial charge in [0.15, 0.2) is 0 Å². The number of alkyl halides is 3. The highest BCUT2D eigenvalue weighted by atomic mass is 35.5. The molecule has 0 saturated carbocycles. The van der Waals surface area contributed by atoms with Gasteiger partial charge in [0, 0.05) is 66.8 Å². The van der Waals surface area contributed by atoms with Gasteiger partial charge in [-0.2, -0.15) is 13.2 Å². The van der Waals surface area contributed by atoms with Crippen molar-refractivity contribution in [2.45, 2.75) is 25.7 Å². The number of nitrogens with one attached hydrogen (secondary N) is 2. The van der Waals surface area contributed by atoms with E-state index in [9.17, 15) is 18.0 Å². The first-order valence-corrected chi connectivity index (χ1v) is 12.9. The van der Waals surface area contributed by atoms with Crippen LogP contribution in [0.2, 0.25) is 0 Å². The molecule has 1 aliphatic rings. The number of aryl methyl sites for hydroxylation is 1. The third-order valence-corrected chi connectivity index (χ3v) is 6.99. The number of anilines is 3. The second kappa shape index (κ2) is 12.8. The Labute approximate surface area is 247 Å². The van der Waals surface area contributed by atoms with E-state index < -0.39 is 17.6 Å². The Bertz CT molecular complexity index is 1550. The molecule has 0 atom stereocenters. The Morgan fingerprint density at radius 1 is 1.07 bits per heavy atom. The van der Waals surface area contributed by atoms with Crippen LogP contribution in [0, 0.1) is 6.92 Å². The lowest BCUT2D eigenvalue weighted by Gasteiger charge is -2.43. The van der Waals surface area contributed by atoms with Crippen LogP contribution in [0.4, 0.5) is 30.5 Å². The predicted octanol–water partition coefficient (Wildman–Crippen LogP) is 5.42. The lowest BCUT2D eigenvalue weighted by Crippen LogP contribution is -2.56. The molecular weight excluding hydrogens is 569 g/mol. The standard InChI is InChI=1S/C29H29F3N8O.ClH/c1-18-4-7-22(11-26(18)38-28-35-9-8-25(37-28)21-12-33-17-34-13-21)36-27(41)19-5-6-20(24(10-19)29(30,31)32)14-40-15-23(16-40)39(2)3;/h4-13,17,23H,14-16H2,1-3H3,(H,36,41)(H,35,37,38);1H. The van der Waals surface area contributed by atoms with E-state index >= 15 is 0 Å². The molecule has 1 saturated heterocycles. The summed E-state index contributed by atoms with van der Waals surface area (Å²) in [5.74, 6) is -0.321. The van der Waals surface area contributed by atoms with E-state index in [-0.39, 0.29) is 30.1 Å². The highest BCUT2D eigenvalue weighted by Crippen LogP contribution is 2.34. The van der Waals surface area contributed by atoms with Crippen molar-refractivity contribution in [2.75, 3.05) is 37.8 Å². The van der Waals surface area contributed by atoms with Crippen LogP contribution in [-0.2, 0) is 12.7 Å². The zero-order chi connectivity index (χ0) is 29.1. The van der Waals surface area contributed by atoms with E-state index in [1.807, 2.05) is 25.9 Å². The molecular formula is C29H30ClF3N8O. The van der Waals surface area contributed by atoms with E-state index in [0.717, 1.165) is 17.2 Å². The first kappa shape index (κ1) is 30.8. The summed E-state index contributed by atoms with van der Waals surface area (Å²) >= 11 is 0. The van der Waals surface area contributed by atoms with E-state index in [2.05, 4.69) is 35.5 Å². The van der Waals surface area contributed by atoms with E-state index in [4.69, 9.17) is 0 Å². The normalized spacial score (nSPS) is 13.8. The Hall–Kier alpha value is -4.13. The van der Waals surface area contributed by atoms with Gasteiger partial charge in [0.1, 0.15) is 6.33 Å². The molecule has 42 heavy (non-hydrogen) atoms. The van der Waals surface area contributed by atoms with Crippen LogP contribution in [-0.4, -0.2) is 68.9 Å². The van der Waals surface area contributed by atoms with Crippen molar-refractivity contribution in [3.63, 3.8) is 0 Å². The molecule has 0 aliphatic carbocycles. The maximum absolute atomic E-state index is 14.0. The van der Waals surface area contributed by atoms with Gasteiger partial charge in [0.2, 0.25) is 5.95 Å². The van der Waals surface area contributed by atoms with E-state index in [1.165, 1.54) is 18.5 Å². The Balaban J connectivity index is 0.00000405. The zero-order valence-corrected chi connectivity index (χ0v) is 24.0. The second-order valence-electron chi connectivity index (χ2n) is 10.2. The van der Waals surface area contributed by atoms with Crippen molar-refractivity contribution in [1.29, 1.82) is 0 Å². The number of likely N-dealkylation sites (N-methyl/N-ethyl adjacent to an activating group) is 1. The van der Waals surface area contributed by atoms with Gasteiger partial charge in [0.05, 0.1) is 11.3 Å². The Morgan fingerprint density at radius 2 is 1.81 bits per heavy atom. The van der Waals surface area contributed by atoms with Gasteiger partial charge in [-0.15, -0.1) is 12.4 Å². The molecule has 2 aromatic carbocycles. The smallest absolute Gasteiger partial charge is 0.324 e. The van der Waals surface area contributed by atoms with Crippen molar-refractivity contribution in [2.24, 2.45) is 0 Å². The lowest BCUT2D eigenvalue weighted by atomic mass is 10.00. The zero-order valence-electron chi connectivity index (χ0n) is 23.2. The number of amides is 1. The van der Waals surface area contributed by atoms with Gasteiger partial charge >= 0.3 is 6.18 Å². The van der Waals surface area contributed by atoms with Crippen molar-refractivity contribution >= 4 is 35.6 Å². The first-order chi connectivity index (χ1) is 19.6. The number of carbonyl (C=O) groups is 1. The van der Waals surface area contributed by atoms with Crippen LogP contribution in [0.1, 0.15) is 27.0 Å². The maximum Gasteiger partial charge on any atom is 0.416 e. The molecule has 1 amide bonds.